The smallest absolute Gasteiger partial charge is 0.113 e. The van der Waals surface area contributed by atoms with Crippen LogP contribution in [-0.2, 0) is 7.05 Å². The van der Waals surface area contributed by atoms with Crippen molar-refractivity contribution in [3.8, 4) is 23.6 Å². The molecule has 0 unspecified atom stereocenters. The van der Waals surface area contributed by atoms with Crippen LogP contribution in [0.1, 0.15) is 11.4 Å². The van der Waals surface area contributed by atoms with Gasteiger partial charge in [-0.3, -0.25) is 4.68 Å². The van der Waals surface area contributed by atoms with E-state index in [1.54, 1.807) is 16.9 Å². The van der Waals surface area contributed by atoms with Crippen molar-refractivity contribution in [2.45, 2.75) is 6.92 Å². The number of pyridine rings is 1. The molecule has 16 heavy (non-hydrogen) atoms. The van der Waals surface area contributed by atoms with E-state index in [2.05, 4.69) is 16.0 Å². The highest BCUT2D eigenvalue weighted by atomic mass is 35.5. The minimum absolute atomic E-state index is 0.604. The fraction of sp³-hybridized carbons (Fsp3) is 0.167. The number of halogens is 1. The Hall–Kier alpha value is -1.79. The number of hydrogen-bond acceptors (Lipinski definition) is 2. The molecule has 3 nitrogen and oxygen atoms in total. The lowest BCUT2D eigenvalue weighted by Gasteiger charge is -1.97. The molecule has 0 aliphatic carbocycles. The number of rotatable bonds is 1. The van der Waals surface area contributed by atoms with Crippen LogP contribution in [-0.4, -0.2) is 14.8 Å². The molecule has 4 heteroatoms. The first-order valence-electron chi connectivity index (χ1n) is 4.75. The quantitative estimate of drug-likeness (QED) is 0.706. The summed E-state index contributed by atoms with van der Waals surface area (Å²) in [5, 5.41) is 4.98. The van der Waals surface area contributed by atoms with Crippen molar-refractivity contribution in [2.75, 3.05) is 0 Å². The Morgan fingerprint density at radius 1 is 1.44 bits per heavy atom. The molecular weight excluding hydrogens is 222 g/mol. The predicted octanol–water partition coefficient (Wildman–Crippen LogP) is 2.43. The molecule has 0 aromatic carbocycles. The highest BCUT2D eigenvalue weighted by Gasteiger charge is 2.12. The molecule has 0 spiro atoms. The van der Waals surface area contributed by atoms with Crippen LogP contribution in [0.15, 0.2) is 18.3 Å². The molecule has 2 heterocycles. The first-order valence-corrected chi connectivity index (χ1v) is 5.13. The van der Waals surface area contributed by atoms with Gasteiger partial charge >= 0.3 is 0 Å². The maximum absolute atomic E-state index is 6.17. The van der Waals surface area contributed by atoms with Crippen LogP contribution in [0.3, 0.4) is 0 Å². The monoisotopic (exact) mass is 231 g/mol. The van der Waals surface area contributed by atoms with Gasteiger partial charge in [0, 0.05) is 18.8 Å². The van der Waals surface area contributed by atoms with Gasteiger partial charge in [-0.05, 0) is 19.1 Å². The van der Waals surface area contributed by atoms with E-state index in [0.29, 0.717) is 10.7 Å². The zero-order valence-corrected chi connectivity index (χ0v) is 9.78. The van der Waals surface area contributed by atoms with Crippen LogP contribution >= 0.6 is 11.6 Å². The van der Waals surface area contributed by atoms with E-state index in [-0.39, 0.29) is 0 Å². The second-order valence-corrected chi connectivity index (χ2v) is 3.83. The molecule has 0 saturated heterocycles. The summed E-state index contributed by atoms with van der Waals surface area (Å²) in [5.41, 5.74) is 3.13. The van der Waals surface area contributed by atoms with E-state index in [1.165, 1.54) is 0 Å². The summed E-state index contributed by atoms with van der Waals surface area (Å²) in [6, 6.07) is 3.64. The van der Waals surface area contributed by atoms with Crippen LogP contribution in [0.5, 0.6) is 0 Å². The molecule has 0 fully saturated rings. The molecule has 0 aliphatic heterocycles. The van der Waals surface area contributed by atoms with Crippen molar-refractivity contribution in [1.29, 1.82) is 0 Å². The largest absolute Gasteiger partial charge is 0.271 e. The molecule has 2 aromatic heterocycles. The lowest BCUT2D eigenvalue weighted by atomic mass is 10.2. The summed E-state index contributed by atoms with van der Waals surface area (Å²) in [7, 11) is 1.86. The first-order chi connectivity index (χ1) is 7.63. The Kier molecular flexibility index (Phi) is 2.67. The summed E-state index contributed by atoms with van der Waals surface area (Å²) in [5.74, 6) is 2.47. The van der Waals surface area contributed by atoms with Gasteiger partial charge in [0.1, 0.15) is 11.4 Å². The van der Waals surface area contributed by atoms with Crippen LogP contribution in [0.4, 0.5) is 0 Å². The van der Waals surface area contributed by atoms with Gasteiger partial charge in [0.05, 0.1) is 10.7 Å². The van der Waals surface area contributed by atoms with Crippen LogP contribution in [0.2, 0.25) is 5.02 Å². The summed E-state index contributed by atoms with van der Waals surface area (Å²) >= 11 is 6.17. The Morgan fingerprint density at radius 2 is 2.19 bits per heavy atom. The lowest BCUT2D eigenvalue weighted by molar-refractivity contribution is 0.743. The Balaban J connectivity index is 2.51. The van der Waals surface area contributed by atoms with Crippen LogP contribution in [0, 0.1) is 19.3 Å². The fourth-order valence-corrected chi connectivity index (χ4v) is 1.66. The van der Waals surface area contributed by atoms with Crippen molar-refractivity contribution in [1.82, 2.24) is 14.8 Å². The molecule has 80 valence electrons. The number of aromatic nitrogens is 3. The van der Waals surface area contributed by atoms with Gasteiger partial charge in [0.25, 0.3) is 0 Å². The van der Waals surface area contributed by atoms with Gasteiger partial charge in [-0.2, -0.15) is 5.10 Å². The van der Waals surface area contributed by atoms with E-state index >= 15 is 0 Å². The number of aryl methyl sites for hydroxylation is 1. The average molecular weight is 232 g/mol. The van der Waals surface area contributed by atoms with Crippen molar-refractivity contribution in [3.63, 3.8) is 0 Å². The minimum Gasteiger partial charge on any atom is -0.271 e. The molecule has 0 atom stereocenters. The standard InChI is InChI=1S/C12H10ClN3/c1-4-10-6-5-9(7-14-10)12-11(13)8(2)16(3)15-12/h1,5-7H,2-3H3. The predicted molar refractivity (Wildman–Crippen MR) is 64.1 cm³/mol. The fourth-order valence-electron chi connectivity index (χ4n) is 1.39. The Bertz CT molecular complexity index is 561. The zero-order chi connectivity index (χ0) is 11.7. The van der Waals surface area contributed by atoms with E-state index in [9.17, 15) is 0 Å². The molecule has 0 radical (unpaired) electrons. The van der Waals surface area contributed by atoms with Gasteiger partial charge in [-0.1, -0.05) is 17.5 Å². The van der Waals surface area contributed by atoms with Gasteiger partial charge in [0.2, 0.25) is 0 Å². The molecule has 0 amide bonds. The Labute approximate surface area is 99.1 Å². The maximum atomic E-state index is 6.17. The lowest BCUT2D eigenvalue weighted by Crippen LogP contribution is -1.92. The molecule has 2 aromatic rings. The third kappa shape index (κ3) is 1.68. The maximum Gasteiger partial charge on any atom is 0.113 e. The van der Waals surface area contributed by atoms with E-state index in [4.69, 9.17) is 18.0 Å². The van der Waals surface area contributed by atoms with E-state index in [0.717, 1.165) is 17.0 Å². The summed E-state index contributed by atoms with van der Waals surface area (Å²) in [6.07, 6.45) is 6.92. The van der Waals surface area contributed by atoms with Crippen molar-refractivity contribution >= 4 is 11.6 Å². The third-order valence-corrected chi connectivity index (χ3v) is 2.90. The third-order valence-electron chi connectivity index (χ3n) is 2.45. The SMILES string of the molecule is C#Cc1ccc(-c2nn(C)c(C)c2Cl)cn1. The summed E-state index contributed by atoms with van der Waals surface area (Å²) in [4.78, 5) is 4.11. The zero-order valence-electron chi connectivity index (χ0n) is 9.03. The van der Waals surface area contributed by atoms with Crippen molar-refractivity contribution < 1.29 is 0 Å². The second-order valence-electron chi connectivity index (χ2n) is 3.45. The highest BCUT2D eigenvalue weighted by Crippen LogP contribution is 2.28. The second kappa shape index (κ2) is 3.99. The van der Waals surface area contributed by atoms with Gasteiger partial charge in [-0.25, -0.2) is 4.98 Å². The topological polar surface area (TPSA) is 30.7 Å². The first kappa shape index (κ1) is 10.7. The highest BCUT2D eigenvalue weighted by molar-refractivity contribution is 6.33. The van der Waals surface area contributed by atoms with Crippen LogP contribution in [0.25, 0.3) is 11.3 Å². The molecule has 0 saturated carbocycles. The number of nitrogens with zero attached hydrogens (tertiary/aromatic N) is 3. The molecular formula is C12H10ClN3. The normalized spacial score (nSPS) is 10.1. The van der Waals surface area contributed by atoms with Crippen molar-refractivity contribution in [3.05, 3.63) is 34.7 Å². The summed E-state index contributed by atoms with van der Waals surface area (Å²) < 4.78 is 1.74. The minimum atomic E-state index is 0.604. The molecule has 0 N–H and O–H groups in total. The van der Waals surface area contributed by atoms with Gasteiger partial charge in [0.15, 0.2) is 0 Å². The van der Waals surface area contributed by atoms with Crippen molar-refractivity contribution in [2.24, 2.45) is 7.05 Å². The number of hydrogen-bond donors (Lipinski definition) is 0. The molecule has 0 aliphatic rings. The summed E-state index contributed by atoms with van der Waals surface area (Å²) in [6.45, 7) is 1.92. The van der Waals surface area contributed by atoms with Gasteiger partial charge < -0.3 is 0 Å². The van der Waals surface area contributed by atoms with E-state index < -0.39 is 0 Å². The molecule has 2 rings (SSSR count). The molecule has 0 bridgehead atoms. The average Bonchev–Trinajstić information content (AvgIpc) is 2.57. The van der Waals surface area contributed by atoms with Gasteiger partial charge in [-0.15, -0.1) is 6.42 Å². The van der Waals surface area contributed by atoms with E-state index in [1.807, 2.05) is 20.0 Å². The number of terminal acetylenes is 1. The Morgan fingerprint density at radius 3 is 2.62 bits per heavy atom. The van der Waals surface area contributed by atoms with Crippen LogP contribution < -0.4 is 0 Å².